The Morgan fingerprint density at radius 1 is 1.29 bits per heavy atom. The van der Waals surface area contributed by atoms with Crippen molar-refractivity contribution >= 4 is 27.5 Å². The van der Waals surface area contributed by atoms with E-state index in [1.807, 2.05) is 30.3 Å². The normalized spacial score (nSPS) is 10.4. The summed E-state index contributed by atoms with van der Waals surface area (Å²) in [7, 11) is 0. The largest absolute Gasteiger partial charge is 0.228 e. The van der Waals surface area contributed by atoms with Crippen LogP contribution in [-0.4, -0.2) is 15.0 Å². The van der Waals surface area contributed by atoms with Gasteiger partial charge >= 0.3 is 0 Å². The van der Waals surface area contributed by atoms with Crippen molar-refractivity contribution in [3.05, 3.63) is 45.7 Å². The lowest BCUT2D eigenvalue weighted by Gasteiger charge is -2.01. The highest BCUT2D eigenvalue weighted by atomic mass is 79.9. The Morgan fingerprint density at radius 3 is 2.57 bits per heavy atom. The summed E-state index contributed by atoms with van der Waals surface area (Å²) in [5.74, 6) is 0. The highest BCUT2D eigenvalue weighted by Crippen LogP contribution is 2.19. The van der Waals surface area contributed by atoms with E-state index in [-0.39, 0.29) is 0 Å². The molecule has 0 aliphatic heterocycles. The van der Waals surface area contributed by atoms with E-state index >= 15 is 0 Å². The van der Waals surface area contributed by atoms with Crippen molar-refractivity contribution in [2.75, 3.05) is 0 Å². The highest BCUT2D eigenvalue weighted by Gasteiger charge is 2.07. The lowest BCUT2D eigenvalue weighted by atomic mass is 10.2. The molecule has 5 heteroatoms. The maximum atomic E-state index is 5.95. The third kappa shape index (κ3) is 1.96. The predicted molar refractivity (Wildman–Crippen MR) is 58.3 cm³/mol. The molecule has 0 atom stereocenters. The van der Waals surface area contributed by atoms with Crippen molar-refractivity contribution < 1.29 is 0 Å². The van der Waals surface area contributed by atoms with Gasteiger partial charge in [0.05, 0.1) is 6.54 Å². The fraction of sp³-hybridized carbons (Fsp3) is 0.111. The quantitative estimate of drug-likeness (QED) is 0.841. The first kappa shape index (κ1) is 9.68. The van der Waals surface area contributed by atoms with Crippen molar-refractivity contribution in [2.24, 2.45) is 0 Å². The molecule has 0 radical (unpaired) electrons. The fourth-order valence-corrected chi connectivity index (χ4v) is 1.54. The Kier molecular flexibility index (Phi) is 2.84. The number of nitrogens with zero attached hydrogens (tertiary/aromatic N) is 3. The minimum atomic E-state index is 0.522. The fourth-order valence-electron chi connectivity index (χ4n) is 1.14. The number of hydrogen-bond acceptors (Lipinski definition) is 2. The summed E-state index contributed by atoms with van der Waals surface area (Å²) in [6.45, 7) is 0.637. The van der Waals surface area contributed by atoms with E-state index in [0.29, 0.717) is 16.3 Å². The summed E-state index contributed by atoms with van der Waals surface area (Å²) in [5, 5.41) is 8.23. The molecular weight excluding hydrogens is 265 g/mol. The van der Waals surface area contributed by atoms with E-state index in [1.165, 1.54) is 0 Å². The van der Waals surface area contributed by atoms with E-state index in [1.54, 1.807) is 4.68 Å². The first-order valence-electron chi connectivity index (χ1n) is 4.06. The molecule has 0 bridgehead atoms. The van der Waals surface area contributed by atoms with Crippen LogP contribution in [0.1, 0.15) is 5.56 Å². The lowest BCUT2D eigenvalue weighted by molar-refractivity contribution is 0.650. The van der Waals surface area contributed by atoms with Crippen LogP contribution in [0.15, 0.2) is 34.9 Å². The monoisotopic (exact) mass is 271 g/mol. The molecule has 2 rings (SSSR count). The number of halogens is 2. The van der Waals surface area contributed by atoms with Crippen LogP contribution in [0.25, 0.3) is 0 Å². The molecule has 0 amide bonds. The van der Waals surface area contributed by atoms with E-state index < -0.39 is 0 Å². The van der Waals surface area contributed by atoms with Gasteiger partial charge in [-0.2, -0.15) is 0 Å². The van der Waals surface area contributed by atoms with Crippen LogP contribution in [-0.2, 0) is 6.54 Å². The lowest BCUT2D eigenvalue weighted by Crippen LogP contribution is -2.01. The molecular formula is C9H7BrClN3. The van der Waals surface area contributed by atoms with Crippen molar-refractivity contribution in [1.82, 2.24) is 15.0 Å². The maximum Gasteiger partial charge on any atom is 0.167 e. The van der Waals surface area contributed by atoms with Crippen LogP contribution >= 0.6 is 27.5 Å². The van der Waals surface area contributed by atoms with Gasteiger partial charge in [0, 0.05) is 0 Å². The standard InChI is InChI=1S/C9H7BrClN3/c10-8-9(11)14(13-12-8)6-7-4-2-1-3-5-7/h1-5H,6H2. The van der Waals surface area contributed by atoms with E-state index in [4.69, 9.17) is 11.6 Å². The van der Waals surface area contributed by atoms with Gasteiger partial charge in [-0.05, 0) is 21.5 Å². The first-order chi connectivity index (χ1) is 6.77. The minimum Gasteiger partial charge on any atom is -0.228 e. The Hall–Kier alpha value is -0.870. The zero-order valence-electron chi connectivity index (χ0n) is 7.19. The average molecular weight is 273 g/mol. The second kappa shape index (κ2) is 4.11. The van der Waals surface area contributed by atoms with Crippen LogP contribution in [0.2, 0.25) is 5.15 Å². The second-order valence-electron chi connectivity index (χ2n) is 2.81. The Labute approximate surface area is 94.8 Å². The summed E-state index contributed by atoms with van der Waals surface area (Å²) in [6, 6.07) is 9.98. The summed E-state index contributed by atoms with van der Waals surface area (Å²) in [5.41, 5.74) is 1.15. The molecule has 14 heavy (non-hydrogen) atoms. The van der Waals surface area contributed by atoms with Crippen LogP contribution < -0.4 is 0 Å². The third-order valence-corrected chi connectivity index (χ3v) is 2.95. The number of hydrogen-bond donors (Lipinski definition) is 0. The van der Waals surface area contributed by atoms with Gasteiger partial charge in [0.2, 0.25) is 0 Å². The molecule has 0 aliphatic carbocycles. The predicted octanol–water partition coefficient (Wildman–Crippen LogP) is 2.74. The van der Waals surface area contributed by atoms with E-state index in [0.717, 1.165) is 5.56 Å². The van der Waals surface area contributed by atoms with Crippen LogP contribution in [0.3, 0.4) is 0 Å². The molecule has 0 N–H and O–H groups in total. The van der Waals surface area contributed by atoms with Gasteiger partial charge in [0.25, 0.3) is 0 Å². The molecule has 1 heterocycles. The summed E-state index contributed by atoms with van der Waals surface area (Å²) >= 11 is 9.15. The van der Waals surface area contributed by atoms with Gasteiger partial charge in [-0.3, -0.25) is 0 Å². The molecule has 2 aromatic rings. The number of rotatable bonds is 2. The summed E-state index contributed by atoms with van der Waals surface area (Å²) in [4.78, 5) is 0. The van der Waals surface area contributed by atoms with Gasteiger partial charge in [0.1, 0.15) is 0 Å². The van der Waals surface area contributed by atoms with Gasteiger partial charge in [0.15, 0.2) is 9.76 Å². The SMILES string of the molecule is Clc1c(Br)nnn1Cc1ccccc1. The minimum absolute atomic E-state index is 0.522. The summed E-state index contributed by atoms with van der Waals surface area (Å²) in [6.07, 6.45) is 0. The Bertz CT molecular complexity index is 427. The molecule has 0 aliphatic rings. The van der Waals surface area contributed by atoms with Gasteiger partial charge in [-0.1, -0.05) is 47.1 Å². The molecule has 0 saturated carbocycles. The van der Waals surface area contributed by atoms with E-state index in [2.05, 4.69) is 26.2 Å². The number of aromatic nitrogens is 3. The maximum absolute atomic E-state index is 5.95. The molecule has 0 fully saturated rings. The Balaban J connectivity index is 2.23. The Morgan fingerprint density at radius 2 is 2.00 bits per heavy atom. The number of benzene rings is 1. The molecule has 3 nitrogen and oxygen atoms in total. The highest BCUT2D eigenvalue weighted by molar-refractivity contribution is 9.10. The smallest absolute Gasteiger partial charge is 0.167 e. The van der Waals surface area contributed by atoms with Crippen molar-refractivity contribution in [3.63, 3.8) is 0 Å². The molecule has 0 saturated heterocycles. The zero-order valence-corrected chi connectivity index (χ0v) is 9.53. The summed E-state index contributed by atoms with van der Waals surface area (Å²) < 4.78 is 2.22. The average Bonchev–Trinajstić information content (AvgIpc) is 2.52. The first-order valence-corrected chi connectivity index (χ1v) is 5.23. The second-order valence-corrected chi connectivity index (χ2v) is 3.92. The zero-order chi connectivity index (χ0) is 9.97. The van der Waals surface area contributed by atoms with Crippen LogP contribution in [0, 0.1) is 0 Å². The molecule has 0 unspecified atom stereocenters. The van der Waals surface area contributed by atoms with Crippen molar-refractivity contribution in [3.8, 4) is 0 Å². The van der Waals surface area contributed by atoms with Gasteiger partial charge in [-0.25, -0.2) is 4.68 Å². The van der Waals surface area contributed by atoms with Crippen LogP contribution in [0.5, 0.6) is 0 Å². The van der Waals surface area contributed by atoms with Crippen molar-refractivity contribution in [2.45, 2.75) is 6.54 Å². The third-order valence-electron chi connectivity index (χ3n) is 1.81. The molecule has 72 valence electrons. The molecule has 1 aromatic heterocycles. The molecule has 1 aromatic carbocycles. The van der Waals surface area contributed by atoms with Gasteiger partial charge in [-0.15, -0.1) is 5.10 Å². The topological polar surface area (TPSA) is 30.7 Å². The molecule has 0 spiro atoms. The van der Waals surface area contributed by atoms with Crippen LogP contribution in [0.4, 0.5) is 0 Å². The van der Waals surface area contributed by atoms with E-state index in [9.17, 15) is 0 Å². The van der Waals surface area contributed by atoms with Crippen molar-refractivity contribution in [1.29, 1.82) is 0 Å². The van der Waals surface area contributed by atoms with Gasteiger partial charge < -0.3 is 0 Å².